The first-order valence-electron chi connectivity index (χ1n) is 4.85. The van der Waals surface area contributed by atoms with Crippen LogP contribution in [0.25, 0.3) is 11.4 Å². The van der Waals surface area contributed by atoms with Gasteiger partial charge in [-0.3, -0.25) is 0 Å². The van der Waals surface area contributed by atoms with Gasteiger partial charge in [-0.15, -0.1) is 0 Å². The first kappa shape index (κ1) is 10.2. The Labute approximate surface area is 93.7 Å². The van der Waals surface area contributed by atoms with Crippen LogP contribution in [0.1, 0.15) is 11.3 Å². The Morgan fingerprint density at radius 3 is 2.56 bits per heavy atom. The smallest absolute Gasteiger partial charge is 0.175 e. The molecule has 0 N–H and O–H groups in total. The lowest BCUT2D eigenvalue weighted by Gasteiger charge is -2.04. The second-order valence-electron chi connectivity index (χ2n) is 3.40. The van der Waals surface area contributed by atoms with Crippen molar-refractivity contribution >= 4 is 0 Å². The molecule has 2 rings (SSSR count). The molecule has 0 atom stereocenters. The molecule has 0 radical (unpaired) electrons. The Hall–Kier alpha value is -2.28. The molecule has 1 aromatic heterocycles. The summed E-state index contributed by atoms with van der Waals surface area (Å²) < 4.78 is 1.61. The molecular formula is C12H11N3O. The number of aryl methyl sites for hydroxylation is 1. The lowest BCUT2D eigenvalue weighted by atomic mass is 10.1. The third-order valence-corrected chi connectivity index (χ3v) is 2.26. The maximum atomic E-state index is 8.71. The van der Waals surface area contributed by atoms with Crippen LogP contribution in [0.2, 0.25) is 0 Å². The van der Waals surface area contributed by atoms with E-state index < -0.39 is 0 Å². The van der Waals surface area contributed by atoms with Gasteiger partial charge in [-0.05, 0) is 31.2 Å². The summed E-state index contributed by atoms with van der Waals surface area (Å²) in [6.07, 6.45) is 1.81. The Bertz CT molecular complexity index is 534. The molecule has 0 saturated carbocycles. The van der Waals surface area contributed by atoms with Crippen molar-refractivity contribution in [3.05, 3.63) is 41.7 Å². The average Bonchev–Trinajstić information content (AvgIpc) is 2.70. The van der Waals surface area contributed by atoms with Gasteiger partial charge in [0.25, 0.3) is 0 Å². The van der Waals surface area contributed by atoms with Crippen molar-refractivity contribution < 1.29 is 4.84 Å². The Morgan fingerprint density at radius 2 is 2.00 bits per heavy atom. The molecule has 0 spiro atoms. The molecule has 1 aromatic carbocycles. The van der Waals surface area contributed by atoms with E-state index in [1.165, 1.54) is 0 Å². The maximum Gasteiger partial charge on any atom is 0.175 e. The van der Waals surface area contributed by atoms with Crippen molar-refractivity contribution in [2.75, 3.05) is 7.11 Å². The number of benzene rings is 1. The van der Waals surface area contributed by atoms with Gasteiger partial charge in [0.05, 0.1) is 23.5 Å². The summed E-state index contributed by atoms with van der Waals surface area (Å²) in [5.41, 5.74) is 2.45. The summed E-state index contributed by atoms with van der Waals surface area (Å²) in [6, 6.07) is 9.32. The van der Waals surface area contributed by atoms with Crippen LogP contribution >= 0.6 is 0 Å². The Morgan fingerprint density at radius 1 is 1.31 bits per heavy atom. The number of imidazole rings is 1. The molecule has 1 heterocycles. The lowest BCUT2D eigenvalue weighted by molar-refractivity contribution is 0.171. The molecule has 0 aliphatic rings. The standard InChI is InChI=1S/C12H11N3O/c1-9-8-15(16-2)12(14-9)11-5-3-10(7-13)4-6-11/h3-6,8H,1-2H3. The number of nitriles is 1. The van der Waals surface area contributed by atoms with E-state index in [1.807, 2.05) is 25.3 Å². The van der Waals surface area contributed by atoms with E-state index in [0.717, 1.165) is 17.1 Å². The zero-order chi connectivity index (χ0) is 11.5. The van der Waals surface area contributed by atoms with Crippen molar-refractivity contribution in [1.29, 1.82) is 5.26 Å². The minimum absolute atomic E-state index is 0.635. The highest BCUT2D eigenvalue weighted by molar-refractivity contribution is 5.57. The minimum Gasteiger partial charge on any atom is -0.416 e. The van der Waals surface area contributed by atoms with E-state index in [4.69, 9.17) is 10.1 Å². The normalized spacial score (nSPS) is 9.81. The topological polar surface area (TPSA) is 50.8 Å². The zero-order valence-corrected chi connectivity index (χ0v) is 9.14. The van der Waals surface area contributed by atoms with Gasteiger partial charge >= 0.3 is 0 Å². The number of aromatic nitrogens is 2. The SMILES string of the molecule is COn1cc(C)nc1-c1ccc(C#N)cc1. The van der Waals surface area contributed by atoms with Crippen molar-refractivity contribution in [1.82, 2.24) is 9.71 Å². The van der Waals surface area contributed by atoms with Crippen LogP contribution in [0, 0.1) is 18.3 Å². The molecule has 0 amide bonds. The highest BCUT2D eigenvalue weighted by atomic mass is 16.6. The van der Waals surface area contributed by atoms with Gasteiger partial charge in [-0.1, -0.05) is 0 Å². The Kier molecular flexibility index (Phi) is 2.61. The molecule has 0 unspecified atom stereocenters. The van der Waals surface area contributed by atoms with Gasteiger partial charge in [0.1, 0.15) is 7.11 Å². The summed E-state index contributed by atoms with van der Waals surface area (Å²) in [6.45, 7) is 1.91. The van der Waals surface area contributed by atoms with Gasteiger partial charge in [0, 0.05) is 5.56 Å². The monoisotopic (exact) mass is 213 g/mol. The highest BCUT2D eigenvalue weighted by Crippen LogP contribution is 2.18. The van der Waals surface area contributed by atoms with Crippen LogP contribution in [0.15, 0.2) is 30.5 Å². The first-order chi connectivity index (χ1) is 7.74. The molecule has 0 aliphatic heterocycles. The van der Waals surface area contributed by atoms with Crippen LogP contribution in [-0.4, -0.2) is 16.8 Å². The summed E-state index contributed by atoms with van der Waals surface area (Å²) in [5.74, 6) is 0.740. The predicted molar refractivity (Wildman–Crippen MR) is 59.6 cm³/mol. The number of rotatable bonds is 2. The van der Waals surface area contributed by atoms with Gasteiger partial charge in [0.15, 0.2) is 5.82 Å². The first-order valence-corrected chi connectivity index (χ1v) is 4.85. The van der Waals surface area contributed by atoms with Gasteiger partial charge < -0.3 is 4.84 Å². The molecule has 0 saturated heterocycles. The number of hydrogen-bond donors (Lipinski definition) is 0. The molecule has 4 nitrogen and oxygen atoms in total. The molecule has 16 heavy (non-hydrogen) atoms. The highest BCUT2D eigenvalue weighted by Gasteiger charge is 2.08. The van der Waals surface area contributed by atoms with E-state index in [9.17, 15) is 0 Å². The minimum atomic E-state index is 0.635. The molecule has 4 heteroatoms. The van der Waals surface area contributed by atoms with Crippen molar-refractivity contribution in [3.63, 3.8) is 0 Å². The third kappa shape index (κ3) is 1.75. The van der Waals surface area contributed by atoms with Crippen molar-refractivity contribution in [3.8, 4) is 17.5 Å². The molecule has 2 aromatic rings. The van der Waals surface area contributed by atoms with Crippen LogP contribution in [0.5, 0.6) is 0 Å². The fourth-order valence-corrected chi connectivity index (χ4v) is 1.50. The molecule has 80 valence electrons. The Balaban J connectivity index is 2.46. The van der Waals surface area contributed by atoms with Gasteiger partial charge in [0.2, 0.25) is 0 Å². The van der Waals surface area contributed by atoms with E-state index >= 15 is 0 Å². The van der Waals surface area contributed by atoms with Crippen LogP contribution < -0.4 is 4.84 Å². The maximum absolute atomic E-state index is 8.71. The van der Waals surface area contributed by atoms with Crippen molar-refractivity contribution in [2.24, 2.45) is 0 Å². The van der Waals surface area contributed by atoms with E-state index in [1.54, 1.807) is 24.0 Å². The number of hydrogen-bond acceptors (Lipinski definition) is 3. The second kappa shape index (κ2) is 4.07. The fraction of sp³-hybridized carbons (Fsp3) is 0.167. The average molecular weight is 213 g/mol. The molecule has 0 bridgehead atoms. The molecular weight excluding hydrogens is 202 g/mol. The van der Waals surface area contributed by atoms with Crippen molar-refractivity contribution in [2.45, 2.75) is 6.92 Å². The van der Waals surface area contributed by atoms with E-state index in [0.29, 0.717) is 5.56 Å². The largest absolute Gasteiger partial charge is 0.416 e. The summed E-state index contributed by atoms with van der Waals surface area (Å²) in [5, 5.41) is 8.71. The molecule has 0 aliphatic carbocycles. The van der Waals surface area contributed by atoms with Crippen LogP contribution in [0.4, 0.5) is 0 Å². The lowest BCUT2D eigenvalue weighted by Crippen LogP contribution is -2.05. The van der Waals surface area contributed by atoms with Crippen LogP contribution in [-0.2, 0) is 0 Å². The molecule has 0 fully saturated rings. The quantitative estimate of drug-likeness (QED) is 0.764. The zero-order valence-electron chi connectivity index (χ0n) is 9.14. The summed E-state index contributed by atoms with van der Waals surface area (Å²) in [4.78, 5) is 9.53. The van der Waals surface area contributed by atoms with Gasteiger partial charge in [-0.2, -0.15) is 9.99 Å². The summed E-state index contributed by atoms with van der Waals surface area (Å²) >= 11 is 0. The third-order valence-electron chi connectivity index (χ3n) is 2.26. The van der Waals surface area contributed by atoms with Gasteiger partial charge in [-0.25, -0.2) is 4.98 Å². The predicted octanol–water partition coefficient (Wildman–Crippen LogP) is 1.79. The number of nitrogens with zero attached hydrogens (tertiary/aromatic N) is 3. The van der Waals surface area contributed by atoms with E-state index in [-0.39, 0.29) is 0 Å². The second-order valence-corrected chi connectivity index (χ2v) is 3.40. The van der Waals surface area contributed by atoms with E-state index in [2.05, 4.69) is 11.1 Å². The van der Waals surface area contributed by atoms with Crippen LogP contribution in [0.3, 0.4) is 0 Å². The summed E-state index contributed by atoms with van der Waals surface area (Å²) in [7, 11) is 1.59. The fourth-order valence-electron chi connectivity index (χ4n) is 1.50.